The lowest BCUT2D eigenvalue weighted by molar-refractivity contribution is 0.0940. The minimum absolute atomic E-state index is 0.00997. The molecule has 4 atom stereocenters. The second-order valence-corrected chi connectivity index (χ2v) is 6.44. The summed E-state index contributed by atoms with van der Waals surface area (Å²) in [6.07, 6.45) is 3.86. The molecule has 1 aromatic rings. The van der Waals surface area contributed by atoms with Gasteiger partial charge < -0.3 is 0 Å². The van der Waals surface area contributed by atoms with Gasteiger partial charge in [-0.1, -0.05) is 11.6 Å². The Morgan fingerprint density at radius 1 is 1.22 bits per heavy atom. The maximum Gasteiger partial charge on any atom is 0.169 e. The number of carbonyl (C=O) groups excluding carboxylic acids is 1. The van der Waals surface area contributed by atoms with Crippen LogP contribution >= 0.6 is 11.6 Å². The van der Waals surface area contributed by atoms with Crippen LogP contribution in [0.4, 0.5) is 4.39 Å². The van der Waals surface area contributed by atoms with Gasteiger partial charge in [-0.05, 0) is 61.1 Å². The molecule has 4 rings (SSSR count). The lowest BCUT2D eigenvalue weighted by Crippen LogP contribution is -2.11. The minimum Gasteiger partial charge on any atom is -0.294 e. The number of rotatable bonds is 2. The van der Waals surface area contributed by atoms with Crippen molar-refractivity contribution in [1.29, 1.82) is 0 Å². The van der Waals surface area contributed by atoms with Gasteiger partial charge in [-0.15, -0.1) is 0 Å². The van der Waals surface area contributed by atoms with Crippen LogP contribution in [0, 0.1) is 35.4 Å². The molecule has 18 heavy (non-hydrogen) atoms. The summed E-state index contributed by atoms with van der Waals surface area (Å²) in [5, 5.41) is 0.347. The van der Waals surface area contributed by atoms with E-state index >= 15 is 0 Å². The van der Waals surface area contributed by atoms with Crippen molar-refractivity contribution in [2.45, 2.75) is 19.3 Å². The standard InChI is InChI=1S/C15H14ClFO/c16-9-3-4-10(11(17)6-9)15(18)14-12-7-1-2-8(5-7)13(12)14/h3-4,6-8,12-14H,1-2,5H2. The third-order valence-electron chi connectivity index (χ3n) is 5.23. The van der Waals surface area contributed by atoms with Crippen molar-refractivity contribution in [3.8, 4) is 0 Å². The zero-order valence-corrected chi connectivity index (χ0v) is 10.7. The second-order valence-electron chi connectivity index (χ2n) is 6.00. The number of Topliss-reactive ketones (excluding diaryl/α,β-unsaturated/α-hetero) is 1. The fourth-order valence-corrected chi connectivity index (χ4v) is 4.70. The highest BCUT2D eigenvalue weighted by Gasteiger charge is 2.67. The summed E-state index contributed by atoms with van der Waals surface area (Å²) >= 11 is 5.72. The molecule has 0 aliphatic heterocycles. The van der Waals surface area contributed by atoms with Crippen LogP contribution in [0.15, 0.2) is 18.2 Å². The van der Waals surface area contributed by atoms with E-state index in [1.54, 1.807) is 6.07 Å². The van der Waals surface area contributed by atoms with Gasteiger partial charge in [0.25, 0.3) is 0 Å². The molecule has 2 bridgehead atoms. The first kappa shape index (κ1) is 11.0. The van der Waals surface area contributed by atoms with Gasteiger partial charge in [-0.2, -0.15) is 0 Å². The molecule has 3 fully saturated rings. The van der Waals surface area contributed by atoms with Crippen LogP contribution in [0.2, 0.25) is 5.02 Å². The molecular weight excluding hydrogens is 251 g/mol. The summed E-state index contributed by atoms with van der Waals surface area (Å²) in [6.45, 7) is 0. The predicted molar refractivity (Wildman–Crippen MR) is 67.0 cm³/mol. The van der Waals surface area contributed by atoms with Crippen LogP contribution in [0.3, 0.4) is 0 Å². The van der Waals surface area contributed by atoms with Crippen molar-refractivity contribution in [2.24, 2.45) is 29.6 Å². The monoisotopic (exact) mass is 264 g/mol. The van der Waals surface area contributed by atoms with Crippen LogP contribution in [-0.2, 0) is 0 Å². The summed E-state index contributed by atoms with van der Waals surface area (Å²) in [5.41, 5.74) is 0.234. The molecule has 94 valence electrons. The molecule has 0 aromatic heterocycles. The first-order valence-corrected chi connectivity index (χ1v) is 7.04. The van der Waals surface area contributed by atoms with E-state index in [1.807, 2.05) is 0 Å². The minimum atomic E-state index is -0.468. The Balaban J connectivity index is 1.62. The van der Waals surface area contributed by atoms with Crippen molar-refractivity contribution >= 4 is 17.4 Å². The first-order chi connectivity index (χ1) is 8.66. The smallest absolute Gasteiger partial charge is 0.169 e. The van der Waals surface area contributed by atoms with Gasteiger partial charge in [-0.25, -0.2) is 4.39 Å². The van der Waals surface area contributed by atoms with Crippen LogP contribution in [0.25, 0.3) is 0 Å². The van der Waals surface area contributed by atoms with E-state index in [2.05, 4.69) is 0 Å². The lowest BCUT2D eigenvalue weighted by Gasteiger charge is -2.08. The first-order valence-electron chi connectivity index (χ1n) is 6.66. The van der Waals surface area contributed by atoms with Crippen molar-refractivity contribution in [3.05, 3.63) is 34.6 Å². The Morgan fingerprint density at radius 3 is 2.50 bits per heavy atom. The Morgan fingerprint density at radius 2 is 1.89 bits per heavy atom. The van der Waals surface area contributed by atoms with E-state index in [-0.39, 0.29) is 17.3 Å². The number of ketones is 1. The van der Waals surface area contributed by atoms with Crippen molar-refractivity contribution < 1.29 is 9.18 Å². The molecule has 0 N–H and O–H groups in total. The Kier molecular flexibility index (Phi) is 2.18. The average molecular weight is 265 g/mol. The third-order valence-corrected chi connectivity index (χ3v) is 5.47. The van der Waals surface area contributed by atoms with E-state index < -0.39 is 5.82 Å². The molecule has 3 heteroatoms. The summed E-state index contributed by atoms with van der Waals surface area (Å²) in [5.74, 6) is 2.25. The topological polar surface area (TPSA) is 17.1 Å². The number of hydrogen-bond donors (Lipinski definition) is 0. The molecule has 0 amide bonds. The predicted octanol–water partition coefficient (Wildman–Crippen LogP) is 3.95. The van der Waals surface area contributed by atoms with E-state index in [4.69, 9.17) is 11.6 Å². The Labute approximate surface area is 110 Å². The number of benzene rings is 1. The highest BCUT2D eigenvalue weighted by atomic mass is 35.5. The molecule has 1 aromatic carbocycles. The van der Waals surface area contributed by atoms with Crippen molar-refractivity contribution in [1.82, 2.24) is 0 Å². The highest BCUT2D eigenvalue weighted by Crippen LogP contribution is 2.69. The molecule has 3 saturated carbocycles. The van der Waals surface area contributed by atoms with Crippen LogP contribution in [-0.4, -0.2) is 5.78 Å². The van der Waals surface area contributed by atoms with Crippen LogP contribution in [0.1, 0.15) is 29.6 Å². The quantitative estimate of drug-likeness (QED) is 0.739. The second kappa shape index (κ2) is 3.57. The molecule has 0 radical (unpaired) electrons. The normalized spacial score (nSPS) is 39.8. The zero-order chi connectivity index (χ0) is 12.4. The number of hydrogen-bond acceptors (Lipinski definition) is 1. The number of fused-ring (bicyclic) bond motifs is 5. The zero-order valence-electron chi connectivity index (χ0n) is 9.90. The van der Waals surface area contributed by atoms with Gasteiger partial charge in [0.05, 0.1) is 5.56 Å². The van der Waals surface area contributed by atoms with E-state index in [1.165, 1.54) is 31.4 Å². The van der Waals surface area contributed by atoms with Crippen molar-refractivity contribution in [3.63, 3.8) is 0 Å². The fraction of sp³-hybridized carbons (Fsp3) is 0.533. The molecular formula is C15H14ClFO. The molecule has 0 heterocycles. The maximum absolute atomic E-state index is 13.8. The fourth-order valence-electron chi connectivity index (χ4n) is 4.54. The number of halogens is 2. The van der Waals surface area contributed by atoms with Gasteiger partial charge in [0.2, 0.25) is 0 Å². The summed E-state index contributed by atoms with van der Waals surface area (Å²) < 4.78 is 13.8. The van der Waals surface area contributed by atoms with Gasteiger partial charge in [-0.3, -0.25) is 4.79 Å². The Hall–Kier alpha value is -0.890. The van der Waals surface area contributed by atoms with Crippen molar-refractivity contribution in [2.75, 3.05) is 0 Å². The summed E-state index contributed by atoms with van der Waals surface area (Å²) in [6, 6.07) is 4.38. The van der Waals surface area contributed by atoms with Gasteiger partial charge in [0, 0.05) is 10.9 Å². The molecule has 3 aliphatic carbocycles. The third kappa shape index (κ3) is 1.36. The van der Waals surface area contributed by atoms with Crippen LogP contribution < -0.4 is 0 Å². The maximum atomic E-state index is 13.8. The van der Waals surface area contributed by atoms with E-state index in [0.717, 1.165) is 11.8 Å². The SMILES string of the molecule is O=C(c1ccc(Cl)cc1F)C1C2C3CCC(C3)C12. The number of carbonyl (C=O) groups is 1. The molecule has 3 aliphatic rings. The van der Waals surface area contributed by atoms with Crippen LogP contribution in [0.5, 0.6) is 0 Å². The molecule has 0 saturated heterocycles. The lowest BCUT2D eigenvalue weighted by atomic mass is 9.96. The Bertz CT molecular complexity index is 525. The largest absolute Gasteiger partial charge is 0.294 e. The summed E-state index contributed by atoms with van der Waals surface area (Å²) in [4.78, 5) is 12.4. The molecule has 1 nitrogen and oxygen atoms in total. The highest BCUT2D eigenvalue weighted by molar-refractivity contribution is 6.30. The van der Waals surface area contributed by atoms with Gasteiger partial charge in [0.15, 0.2) is 5.78 Å². The van der Waals surface area contributed by atoms with E-state index in [0.29, 0.717) is 16.9 Å². The van der Waals surface area contributed by atoms with Gasteiger partial charge in [0.1, 0.15) is 5.82 Å². The summed E-state index contributed by atoms with van der Waals surface area (Å²) in [7, 11) is 0. The average Bonchev–Trinajstić information content (AvgIpc) is 2.77. The van der Waals surface area contributed by atoms with E-state index in [9.17, 15) is 9.18 Å². The molecule has 4 unspecified atom stereocenters. The molecule has 0 spiro atoms. The van der Waals surface area contributed by atoms with Gasteiger partial charge >= 0.3 is 0 Å².